The lowest BCUT2D eigenvalue weighted by Gasteiger charge is -2.36. The van der Waals surface area contributed by atoms with Gasteiger partial charge in [0.05, 0.1) is 0 Å². The minimum atomic E-state index is -0.737. The van der Waals surface area contributed by atoms with E-state index in [2.05, 4.69) is 13.8 Å². The third-order valence-corrected chi connectivity index (χ3v) is 4.88. The van der Waals surface area contributed by atoms with Gasteiger partial charge in [-0.15, -0.1) is 0 Å². The summed E-state index contributed by atoms with van der Waals surface area (Å²) in [5, 5.41) is 8.88. The SMILES string of the molecule is CC(CC(=O)O)C1CCCN(C(=O)C2CC2(C)C)C1. The van der Waals surface area contributed by atoms with Gasteiger partial charge in [0.1, 0.15) is 0 Å². The van der Waals surface area contributed by atoms with Crippen LogP contribution in [-0.4, -0.2) is 35.0 Å². The molecule has 1 saturated heterocycles. The van der Waals surface area contributed by atoms with Crippen LogP contribution >= 0.6 is 0 Å². The van der Waals surface area contributed by atoms with Crippen LogP contribution < -0.4 is 0 Å². The Morgan fingerprint density at radius 1 is 1.42 bits per heavy atom. The molecule has 2 rings (SSSR count). The number of nitrogens with zero attached hydrogens (tertiary/aromatic N) is 1. The topological polar surface area (TPSA) is 57.6 Å². The van der Waals surface area contributed by atoms with Crippen molar-refractivity contribution in [3.8, 4) is 0 Å². The van der Waals surface area contributed by atoms with Crippen LogP contribution in [0, 0.1) is 23.2 Å². The second-order valence-corrected chi connectivity index (χ2v) is 7.01. The highest BCUT2D eigenvalue weighted by Gasteiger charge is 2.52. The molecule has 0 aromatic heterocycles. The Balaban J connectivity index is 1.90. The van der Waals surface area contributed by atoms with E-state index in [9.17, 15) is 9.59 Å². The quantitative estimate of drug-likeness (QED) is 0.850. The predicted molar refractivity (Wildman–Crippen MR) is 72.6 cm³/mol. The van der Waals surface area contributed by atoms with E-state index in [-0.39, 0.29) is 29.6 Å². The number of likely N-dealkylation sites (tertiary alicyclic amines) is 1. The summed E-state index contributed by atoms with van der Waals surface area (Å²) in [5.74, 6) is 0.244. The summed E-state index contributed by atoms with van der Waals surface area (Å²) in [6.07, 6.45) is 3.26. The lowest BCUT2D eigenvalue weighted by atomic mass is 9.84. The fraction of sp³-hybridized carbons (Fsp3) is 0.867. The van der Waals surface area contributed by atoms with E-state index in [1.165, 1.54) is 0 Å². The highest BCUT2D eigenvalue weighted by Crippen LogP contribution is 2.52. The van der Waals surface area contributed by atoms with Gasteiger partial charge in [-0.3, -0.25) is 9.59 Å². The molecule has 2 fully saturated rings. The molecule has 0 spiro atoms. The lowest BCUT2D eigenvalue weighted by molar-refractivity contribution is -0.139. The van der Waals surface area contributed by atoms with Crippen LogP contribution in [-0.2, 0) is 9.59 Å². The lowest BCUT2D eigenvalue weighted by Crippen LogP contribution is -2.43. The Hall–Kier alpha value is -1.06. The zero-order valence-electron chi connectivity index (χ0n) is 12.2. The molecule has 19 heavy (non-hydrogen) atoms. The van der Waals surface area contributed by atoms with E-state index >= 15 is 0 Å². The van der Waals surface area contributed by atoms with Gasteiger partial charge in [-0.25, -0.2) is 0 Å². The number of rotatable bonds is 4. The summed E-state index contributed by atoms with van der Waals surface area (Å²) in [7, 11) is 0. The highest BCUT2D eigenvalue weighted by atomic mass is 16.4. The first-order valence-corrected chi connectivity index (χ1v) is 7.32. The van der Waals surface area contributed by atoms with Gasteiger partial charge in [0.25, 0.3) is 0 Å². The van der Waals surface area contributed by atoms with Gasteiger partial charge in [0.15, 0.2) is 0 Å². The van der Waals surface area contributed by atoms with Gasteiger partial charge < -0.3 is 10.0 Å². The van der Waals surface area contributed by atoms with E-state index in [0.29, 0.717) is 5.92 Å². The molecule has 4 nitrogen and oxygen atoms in total. The first kappa shape index (κ1) is 14.4. The molecule has 3 unspecified atom stereocenters. The maximum absolute atomic E-state index is 12.4. The number of carboxylic acid groups (broad SMARTS) is 1. The van der Waals surface area contributed by atoms with Crippen LogP contribution in [0.15, 0.2) is 0 Å². The average molecular weight is 267 g/mol. The van der Waals surface area contributed by atoms with Gasteiger partial charge >= 0.3 is 5.97 Å². The summed E-state index contributed by atoms with van der Waals surface area (Å²) in [5.41, 5.74) is 0.177. The minimum absolute atomic E-state index is 0.153. The first-order chi connectivity index (χ1) is 8.81. The minimum Gasteiger partial charge on any atom is -0.481 e. The molecular weight excluding hydrogens is 242 g/mol. The van der Waals surface area contributed by atoms with Crippen molar-refractivity contribution in [1.29, 1.82) is 0 Å². The molecule has 2 aliphatic rings. The van der Waals surface area contributed by atoms with Crippen molar-refractivity contribution in [3.05, 3.63) is 0 Å². The molecule has 1 N–H and O–H groups in total. The molecule has 1 amide bonds. The molecule has 0 radical (unpaired) electrons. The molecule has 0 bridgehead atoms. The number of hydrogen-bond acceptors (Lipinski definition) is 2. The molecular formula is C15H25NO3. The maximum Gasteiger partial charge on any atom is 0.303 e. The van der Waals surface area contributed by atoms with Crippen LogP contribution in [0.3, 0.4) is 0 Å². The number of aliphatic carboxylic acids is 1. The monoisotopic (exact) mass is 267 g/mol. The Labute approximate surface area is 115 Å². The molecule has 108 valence electrons. The molecule has 0 aromatic carbocycles. The van der Waals surface area contributed by atoms with Crippen LogP contribution in [0.25, 0.3) is 0 Å². The Morgan fingerprint density at radius 2 is 2.05 bits per heavy atom. The Bertz CT molecular complexity index is 378. The summed E-state index contributed by atoms with van der Waals surface area (Å²) in [4.78, 5) is 25.1. The zero-order chi connectivity index (χ0) is 14.2. The largest absolute Gasteiger partial charge is 0.481 e. The molecule has 0 aromatic rings. The summed E-state index contributed by atoms with van der Waals surface area (Å²) in [6, 6.07) is 0. The number of hydrogen-bond donors (Lipinski definition) is 1. The third-order valence-electron chi connectivity index (χ3n) is 4.88. The highest BCUT2D eigenvalue weighted by molar-refractivity contribution is 5.82. The fourth-order valence-electron chi connectivity index (χ4n) is 3.23. The van der Waals surface area contributed by atoms with Crippen LogP contribution in [0.5, 0.6) is 0 Å². The maximum atomic E-state index is 12.4. The van der Waals surface area contributed by atoms with Crippen LogP contribution in [0.1, 0.15) is 46.5 Å². The molecule has 1 heterocycles. The average Bonchev–Trinajstić information content (AvgIpc) is 2.97. The Kier molecular flexibility index (Phi) is 3.88. The van der Waals surface area contributed by atoms with Gasteiger partial charge in [-0.1, -0.05) is 20.8 Å². The van der Waals surface area contributed by atoms with E-state index in [1.807, 2.05) is 11.8 Å². The smallest absolute Gasteiger partial charge is 0.303 e. The number of carbonyl (C=O) groups is 2. The second-order valence-electron chi connectivity index (χ2n) is 7.01. The van der Waals surface area contributed by atoms with Gasteiger partial charge in [0.2, 0.25) is 5.91 Å². The van der Waals surface area contributed by atoms with E-state index in [0.717, 1.165) is 32.4 Å². The van der Waals surface area contributed by atoms with Gasteiger partial charge in [0, 0.05) is 25.4 Å². The summed E-state index contributed by atoms with van der Waals surface area (Å²) < 4.78 is 0. The third kappa shape index (κ3) is 3.28. The van der Waals surface area contributed by atoms with Crippen molar-refractivity contribution < 1.29 is 14.7 Å². The number of carboxylic acids is 1. The van der Waals surface area contributed by atoms with Crippen molar-refractivity contribution in [1.82, 2.24) is 4.90 Å². The fourth-order valence-corrected chi connectivity index (χ4v) is 3.23. The summed E-state index contributed by atoms with van der Waals surface area (Å²) in [6.45, 7) is 7.88. The van der Waals surface area contributed by atoms with Crippen molar-refractivity contribution in [3.63, 3.8) is 0 Å². The Morgan fingerprint density at radius 3 is 2.58 bits per heavy atom. The van der Waals surface area contributed by atoms with Crippen molar-refractivity contribution in [2.24, 2.45) is 23.2 Å². The molecule has 4 heteroatoms. The summed E-state index contributed by atoms with van der Waals surface area (Å²) >= 11 is 0. The molecule has 1 aliphatic heterocycles. The van der Waals surface area contributed by atoms with Gasteiger partial charge in [-0.2, -0.15) is 0 Å². The second kappa shape index (κ2) is 5.14. The zero-order valence-corrected chi connectivity index (χ0v) is 12.2. The van der Waals surface area contributed by atoms with E-state index < -0.39 is 5.97 Å². The number of piperidine rings is 1. The van der Waals surface area contributed by atoms with Crippen molar-refractivity contribution in [2.75, 3.05) is 13.1 Å². The molecule has 1 saturated carbocycles. The van der Waals surface area contributed by atoms with Gasteiger partial charge in [-0.05, 0) is 36.5 Å². The molecule has 1 aliphatic carbocycles. The first-order valence-electron chi connectivity index (χ1n) is 7.32. The standard InChI is InChI=1S/C15H25NO3/c1-10(7-13(17)18)11-5-4-6-16(9-11)14(19)12-8-15(12,2)3/h10-12H,4-9H2,1-3H3,(H,17,18). The number of carbonyl (C=O) groups excluding carboxylic acids is 1. The van der Waals surface area contributed by atoms with Crippen molar-refractivity contribution >= 4 is 11.9 Å². The van der Waals surface area contributed by atoms with E-state index in [1.54, 1.807) is 0 Å². The normalized spacial score (nSPS) is 30.8. The molecule has 3 atom stereocenters. The van der Waals surface area contributed by atoms with Crippen LogP contribution in [0.2, 0.25) is 0 Å². The van der Waals surface area contributed by atoms with Crippen LogP contribution in [0.4, 0.5) is 0 Å². The van der Waals surface area contributed by atoms with E-state index in [4.69, 9.17) is 5.11 Å². The number of amides is 1. The van der Waals surface area contributed by atoms with Crippen molar-refractivity contribution in [2.45, 2.75) is 46.5 Å². The predicted octanol–water partition coefficient (Wildman–Crippen LogP) is 2.38.